The van der Waals surface area contributed by atoms with Crippen LogP contribution in [0.4, 0.5) is 4.39 Å². The first-order valence-corrected chi connectivity index (χ1v) is 5.31. The Morgan fingerprint density at radius 3 is 2.57 bits per heavy atom. The van der Waals surface area contributed by atoms with Gasteiger partial charge in [0.2, 0.25) is 0 Å². The third-order valence-corrected chi connectivity index (χ3v) is 2.57. The Kier molecular flexibility index (Phi) is 2.58. The monoisotopic (exact) mass is 191 g/mol. The van der Waals surface area contributed by atoms with Crippen molar-refractivity contribution in [2.45, 2.75) is 32.6 Å². The van der Waals surface area contributed by atoms with E-state index >= 15 is 0 Å². The van der Waals surface area contributed by atoms with Gasteiger partial charge in [-0.25, -0.2) is 4.39 Å². The molecule has 0 nitrogen and oxygen atoms in total. The van der Waals surface area contributed by atoms with E-state index in [0.717, 1.165) is 24.0 Å². The van der Waals surface area contributed by atoms with E-state index < -0.39 is 0 Å². The zero-order chi connectivity index (χ0) is 10.1. The summed E-state index contributed by atoms with van der Waals surface area (Å²) in [7, 11) is 0. The first-order chi connectivity index (χ1) is 6.66. The molecule has 1 saturated carbocycles. The average molecular weight is 191 g/mol. The second-order valence-corrected chi connectivity index (χ2v) is 4.47. The maximum atomic E-state index is 13.6. The molecular formula is C13H16F. The van der Waals surface area contributed by atoms with E-state index in [9.17, 15) is 4.39 Å². The summed E-state index contributed by atoms with van der Waals surface area (Å²) in [6.45, 7) is 4.21. The van der Waals surface area contributed by atoms with Crippen molar-refractivity contribution in [1.29, 1.82) is 0 Å². The molecule has 0 spiro atoms. The minimum Gasteiger partial charge on any atom is -0.207 e. The van der Waals surface area contributed by atoms with Crippen molar-refractivity contribution in [1.82, 2.24) is 0 Å². The van der Waals surface area contributed by atoms with E-state index in [1.165, 1.54) is 0 Å². The zero-order valence-corrected chi connectivity index (χ0v) is 8.76. The van der Waals surface area contributed by atoms with Gasteiger partial charge in [0.15, 0.2) is 0 Å². The molecule has 0 amide bonds. The van der Waals surface area contributed by atoms with Gasteiger partial charge in [0.1, 0.15) is 5.82 Å². The average Bonchev–Trinajstić information content (AvgIpc) is 2.86. The summed E-state index contributed by atoms with van der Waals surface area (Å²) in [5, 5.41) is 0. The van der Waals surface area contributed by atoms with Gasteiger partial charge in [-0.2, -0.15) is 0 Å². The van der Waals surface area contributed by atoms with Gasteiger partial charge >= 0.3 is 0 Å². The summed E-state index contributed by atoms with van der Waals surface area (Å²) in [4.78, 5) is 0. The Balaban J connectivity index is 2.17. The van der Waals surface area contributed by atoms with E-state index in [4.69, 9.17) is 0 Å². The molecular weight excluding hydrogens is 175 g/mol. The molecule has 1 fully saturated rings. The van der Waals surface area contributed by atoms with Gasteiger partial charge in [0.05, 0.1) is 0 Å². The lowest BCUT2D eigenvalue weighted by atomic mass is 10.00. The summed E-state index contributed by atoms with van der Waals surface area (Å²) < 4.78 is 13.6. The van der Waals surface area contributed by atoms with Gasteiger partial charge in [0.25, 0.3) is 0 Å². The lowest BCUT2D eigenvalue weighted by Crippen LogP contribution is -1.94. The van der Waals surface area contributed by atoms with Crippen LogP contribution in [0, 0.1) is 18.2 Å². The third-order valence-electron chi connectivity index (χ3n) is 2.57. The lowest BCUT2D eigenvalue weighted by molar-refractivity contribution is 0.608. The molecule has 1 heteroatoms. The molecule has 2 rings (SSSR count). The Hall–Kier alpha value is -0.850. The van der Waals surface area contributed by atoms with Crippen LogP contribution in [0.1, 0.15) is 43.7 Å². The van der Waals surface area contributed by atoms with Crippen molar-refractivity contribution in [2.75, 3.05) is 0 Å². The molecule has 75 valence electrons. The highest BCUT2D eigenvalue weighted by atomic mass is 19.1. The van der Waals surface area contributed by atoms with Crippen LogP contribution in [0.2, 0.25) is 0 Å². The highest BCUT2D eigenvalue weighted by molar-refractivity contribution is 5.33. The fraction of sp³-hybridized carbons (Fsp3) is 0.462. The largest absolute Gasteiger partial charge is 0.207 e. The van der Waals surface area contributed by atoms with Crippen molar-refractivity contribution >= 4 is 0 Å². The molecule has 0 heterocycles. The molecule has 1 aliphatic carbocycles. The standard InChI is InChI=1S/C13H16F/c1-9(2)7-10-3-6-12(11-4-5-11)13(14)8-10/h3,6-9,11H,4-5H2,1-2H3. The Morgan fingerprint density at radius 1 is 1.36 bits per heavy atom. The Morgan fingerprint density at radius 2 is 2.07 bits per heavy atom. The lowest BCUT2D eigenvalue weighted by Gasteiger charge is -2.06. The van der Waals surface area contributed by atoms with Gasteiger partial charge in [0, 0.05) is 0 Å². The number of hydrogen-bond acceptors (Lipinski definition) is 0. The maximum Gasteiger partial charge on any atom is 0.126 e. The van der Waals surface area contributed by atoms with Crippen molar-refractivity contribution in [3.63, 3.8) is 0 Å². The van der Waals surface area contributed by atoms with Crippen LogP contribution in [0.5, 0.6) is 0 Å². The fourth-order valence-corrected chi connectivity index (χ4v) is 1.76. The predicted molar refractivity (Wildman–Crippen MR) is 56.6 cm³/mol. The van der Waals surface area contributed by atoms with Crippen LogP contribution in [0.25, 0.3) is 0 Å². The van der Waals surface area contributed by atoms with E-state index in [0.29, 0.717) is 11.8 Å². The quantitative estimate of drug-likeness (QED) is 0.679. The number of benzene rings is 1. The number of rotatable bonds is 3. The van der Waals surface area contributed by atoms with Crippen molar-refractivity contribution < 1.29 is 4.39 Å². The smallest absolute Gasteiger partial charge is 0.126 e. The topological polar surface area (TPSA) is 0 Å². The highest BCUT2D eigenvalue weighted by Gasteiger charge is 2.26. The van der Waals surface area contributed by atoms with E-state index in [2.05, 4.69) is 20.3 Å². The van der Waals surface area contributed by atoms with Gasteiger partial charge in [-0.15, -0.1) is 0 Å². The van der Waals surface area contributed by atoms with Gasteiger partial charge in [-0.3, -0.25) is 0 Å². The first-order valence-electron chi connectivity index (χ1n) is 5.31. The highest BCUT2D eigenvalue weighted by Crippen LogP contribution is 2.41. The summed E-state index contributed by atoms with van der Waals surface area (Å²) in [6.07, 6.45) is 4.40. The number of halogens is 1. The van der Waals surface area contributed by atoms with Crippen LogP contribution in [0.15, 0.2) is 18.2 Å². The molecule has 1 aromatic rings. The Bertz CT molecular complexity index is 324. The summed E-state index contributed by atoms with van der Waals surface area (Å²) >= 11 is 0. The molecule has 1 aromatic carbocycles. The fourth-order valence-electron chi connectivity index (χ4n) is 1.76. The minimum absolute atomic E-state index is 0.0260. The van der Waals surface area contributed by atoms with Crippen LogP contribution < -0.4 is 0 Å². The molecule has 0 N–H and O–H groups in total. The van der Waals surface area contributed by atoms with Crippen LogP contribution in [-0.4, -0.2) is 0 Å². The normalized spacial score (nSPS) is 16.3. The second-order valence-electron chi connectivity index (χ2n) is 4.47. The van der Waals surface area contributed by atoms with Gasteiger partial charge in [-0.1, -0.05) is 26.0 Å². The van der Waals surface area contributed by atoms with Crippen molar-refractivity contribution in [3.05, 3.63) is 41.6 Å². The maximum absolute atomic E-state index is 13.6. The summed E-state index contributed by atoms with van der Waals surface area (Å²) in [5.74, 6) is 0.950. The van der Waals surface area contributed by atoms with Crippen LogP contribution in [0.3, 0.4) is 0 Å². The minimum atomic E-state index is -0.0260. The molecule has 0 unspecified atom stereocenters. The van der Waals surface area contributed by atoms with Gasteiger partial charge in [-0.05, 0) is 48.3 Å². The first kappa shape index (κ1) is 9.70. The van der Waals surface area contributed by atoms with E-state index in [1.807, 2.05) is 12.1 Å². The molecule has 0 aromatic heterocycles. The molecule has 14 heavy (non-hydrogen) atoms. The number of hydrogen-bond donors (Lipinski definition) is 0. The molecule has 1 aliphatic rings. The predicted octanol–water partition coefficient (Wildman–Crippen LogP) is 3.91. The molecule has 0 atom stereocenters. The van der Waals surface area contributed by atoms with E-state index in [-0.39, 0.29) is 5.82 Å². The molecule has 0 saturated heterocycles. The van der Waals surface area contributed by atoms with E-state index in [1.54, 1.807) is 6.07 Å². The van der Waals surface area contributed by atoms with Crippen molar-refractivity contribution in [3.8, 4) is 0 Å². The molecule has 1 radical (unpaired) electrons. The van der Waals surface area contributed by atoms with Crippen LogP contribution >= 0.6 is 0 Å². The zero-order valence-electron chi connectivity index (χ0n) is 8.76. The SMILES string of the molecule is CC(C)[CH]c1ccc(C2CC2)c(F)c1. The van der Waals surface area contributed by atoms with Crippen LogP contribution in [-0.2, 0) is 0 Å². The Labute approximate surface area is 85.1 Å². The molecule has 0 aliphatic heterocycles. The van der Waals surface area contributed by atoms with Gasteiger partial charge < -0.3 is 0 Å². The third kappa shape index (κ3) is 2.14. The molecule has 0 bridgehead atoms. The summed E-state index contributed by atoms with van der Waals surface area (Å²) in [5.41, 5.74) is 1.91. The summed E-state index contributed by atoms with van der Waals surface area (Å²) in [6, 6.07) is 5.63. The second kappa shape index (κ2) is 3.72. The van der Waals surface area contributed by atoms with Crippen molar-refractivity contribution in [2.24, 2.45) is 5.92 Å².